The second kappa shape index (κ2) is 5.67. The first-order valence-electron chi connectivity index (χ1n) is 6.31. The van der Waals surface area contributed by atoms with Crippen molar-refractivity contribution in [1.29, 1.82) is 0 Å². The third kappa shape index (κ3) is 3.12. The fourth-order valence-electron chi connectivity index (χ4n) is 2.21. The Morgan fingerprint density at radius 1 is 1.29 bits per heavy atom. The molecule has 0 bridgehead atoms. The van der Waals surface area contributed by atoms with Gasteiger partial charge in [-0.05, 0) is 19.1 Å². The van der Waals surface area contributed by atoms with Gasteiger partial charge in [-0.15, -0.1) is 0 Å². The number of para-hydroxylation sites is 1. The molecule has 0 aliphatic carbocycles. The number of benzene rings is 1. The van der Waals surface area contributed by atoms with Gasteiger partial charge in [0.15, 0.2) is 0 Å². The largest absolute Gasteiger partial charge is 0.481 e. The van der Waals surface area contributed by atoms with Crippen LogP contribution in [0.5, 0.6) is 5.88 Å². The Morgan fingerprint density at radius 2 is 1.95 bits per heavy atom. The molecule has 0 fully saturated rings. The lowest BCUT2D eigenvalue weighted by Crippen LogP contribution is -2.11. The molecule has 0 spiro atoms. The number of hydrogen-bond acceptors (Lipinski definition) is 3. The molecule has 0 aliphatic heterocycles. The van der Waals surface area contributed by atoms with E-state index in [1.807, 2.05) is 0 Å². The number of aryl methyl sites for hydroxylation is 2. The second-order valence-electron chi connectivity index (χ2n) is 4.59. The number of aromatic nitrogens is 2. The minimum atomic E-state index is -4.39. The van der Waals surface area contributed by atoms with Gasteiger partial charge in [0.1, 0.15) is 0 Å². The Hall–Kier alpha value is -2.18. The molecular formula is C14H16F3N3O. The molecule has 114 valence electrons. The van der Waals surface area contributed by atoms with Crippen LogP contribution in [-0.2, 0) is 19.8 Å². The van der Waals surface area contributed by atoms with E-state index >= 15 is 0 Å². The lowest BCUT2D eigenvalue weighted by molar-refractivity contribution is -0.136. The molecule has 2 aromatic rings. The van der Waals surface area contributed by atoms with Gasteiger partial charge in [0.25, 0.3) is 0 Å². The van der Waals surface area contributed by atoms with Gasteiger partial charge in [-0.25, -0.2) is 4.68 Å². The molecule has 7 heteroatoms. The monoisotopic (exact) mass is 299 g/mol. The summed E-state index contributed by atoms with van der Waals surface area (Å²) in [6.07, 6.45) is -4.39. The molecule has 1 aromatic heterocycles. The number of anilines is 1. The number of nitrogens with zero attached hydrogens (tertiary/aromatic N) is 2. The molecule has 2 rings (SSSR count). The predicted molar refractivity (Wildman–Crippen MR) is 73.3 cm³/mol. The number of hydrogen-bond donors (Lipinski definition) is 1. The van der Waals surface area contributed by atoms with Crippen LogP contribution in [0, 0.1) is 6.92 Å². The average Bonchev–Trinajstić information content (AvgIpc) is 2.69. The van der Waals surface area contributed by atoms with Crippen LogP contribution in [0.25, 0.3) is 0 Å². The number of nitrogens with one attached hydrogen (secondary N) is 1. The lowest BCUT2D eigenvalue weighted by atomic mass is 10.1. The van der Waals surface area contributed by atoms with Crippen LogP contribution in [0.2, 0.25) is 0 Å². The standard InChI is InChI=1S/C14H16F3N3O/c1-9-10(13(21-3)20(2)19-9)8-18-12-7-5-4-6-11(12)14(15,16)17/h4-7,18H,8H2,1-3H3. The van der Waals surface area contributed by atoms with E-state index in [2.05, 4.69) is 10.4 Å². The highest BCUT2D eigenvalue weighted by Gasteiger charge is 2.33. The summed E-state index contributed by atoms with van der Waals surface area (Å²) in [4.78, 5) is 0. The summed E-state index contributed by atoms with van der Waals surface area (Å²) in [6.45, 7) is 1.99. The van der Waals surface area contributed by atoms with Crippen molar-refractivity contribution >= 4 is 5.69 Å². The number of rotatable bonds is 4. The molecule has 0 amide bonds. The van der Waals surface area contributed by atoms with Gasteiger partial charge in [-0.3, -0.25) is 0 Å². The fraction of sp³-hybridized carbons (Fsp3) is 0.357. The van der Waals surface area contributed by atoms with Crippen molar-refractivity contribution in [2.75, 3.05) is 12.4 Å². The number of ether oxygens (including phenoxy) is 1. The van der Waals surface area contributed by atoms with E-state index in [1.54, 1.807) is 24.7 Å². The fourth-order valence-corrected chi connectivity index (χ4v) is 2.21. The predicted octanol–water partition coefficient (Wildman–Crippen LogP) is 3.37. The first kappa shape index (κ1) is 15.2. The number of halogens is 3. The van der Waals surface area contributed by atoms with Gasteiger partial charge in [-0.1, -0.05) is 12.1 Å². The Balaban J connectivity index is 2.26. The van der Waals surface area contributed by atoms with Gasteiger partial charge in [0, 0.05) is 19.3 Å². The van der Waals surface area contributed by atoms with Crippen molar-refractivity contribution in [3.8, 4) is 5.88 Å². The molecule has 21 heavy (non-hydrogen) atoms. The molecule has 0 saturated carbocycles. The molecule has 1 aromatic carbocycles. The van der Waals surface area contributed by atoms with E-state index in [-0.39, 0.29) is 12.2 Å². The molecule has 0 radical (unpaired) electrons. The summed E-state index contributed by atoms with van der Waals surface area (Å²) in [5.41, 5.74) is 0.795. The minimum absolute atomic E-state index is 0.0373. The first-order valence-corrected chi connectivity index (χ1v) is 6.31. The average molecular weight is 299 g/mol. The molecule has 0 saturated heterocycles. The van der Waals surface area contributed by atoms with E-state index < -0.39 is 11.7 Å². The maximum absolute atomic E-state index is 12.9. The van der Waals surface area contributed by atoms with Crippen molar-refractivity contribution in [2.24, 2.45) is 7.05 Å². The highest BCUT2D eigenvalue weighted by Crippen LogP contribution is 2.35. The van der Waals surface area contributed by atoms with Crippen LogP contribution in [0.4, 0.5) is 18.9 Å². The van der Waals surface area contributed by atoms with Crippen LogP contribution >= 0.6 is 0 Å². The maximum atomic E-state index is 12.9. The van der Waals surface area contributed by atoms with E-state index in [0.29, 0.717) is 11.6 Å². The van der Waals surface area contributed by atoms with Crippen LogP contribution in [-0.4, -0.2) is 16.9 Å². The molecular weight excluding hydrogens is 283 g/mol. The Bertz CT molecular complexity index is 635. The highest BCUT2D eigenvalue weighted by molar-refractivity contribution is 5.53. The first-order chi connectivity index (χ1) is 9.84. The zero-order valence-electron chi connectivity index (χ0n) is 12.0. The van der Waals surface area contributed by atoms with Crippen molar-refractivity contribution in [3.05, 3.63) is 41.1 Å². The normalized spacial score (nSPS) is 11.5. The number of methoxy groups -OCH3 is 1. The van der Waals surface area contributed by atoms with E-state index in [0.717, 1.165) is 11.6 Å². The Labute approximate surface area is 120 Å². The van der Waals surface area contributed by atoms with E-state index in [4.69, 9.17) is 4.74 Å². The molecule has 4 nitrogen and oxygen atoms in total. The van der Waals surface area contributed by atoms with Gasteiger partial charge in [0.05, 0.1) is 23.9 Å². The van der Waals surface area contributed by atoms with E-state index in [9.17, 15) is 13.2 Å². The molecule has 0 atom stereocenters. The maximum Gasteiger partial charge on any atom is 0.418 e. The molecule has 1 N–H and O–H groups in total. The van der Waals surface area contributed by atoms with Crippen LogP contribution < -0.4 is 10.1 Å². The summed E-state index contributed by atoms with van der Waals surface area (Å²) in [5, 5.41) is 7.01. The second-order valence-corrected chi connectivity index (χ2v) is 4.59. The van der Waals surface area contributed by atoms with Gasteiger partial charge in [0.2, 0.25) is 5.88 Å². The molecule has 0 aliphatic rings. The summed E-state index contributed by atoms with van der Waals surface area (Å²) in [6, 6.07) is 5.38. The van der Waals surface area contributed by atoms with Crippen molar-refractivity contribution in [3.63, 3.8) is 0 Å². The third-order valence-corrected chi connectivity index (χ3v) is 3.17. The quantitative estimate of drug-likeness (QED) is 0.941. The Kier molecular flexibility index (Phi) is 4.11. The van der Waals surface area contributed by atoms with Crippen LogP contribution in [0.1, 0.15) is 16.8 Å². The van der Waals surface area contributed by atoms with Gasteiger partial charge >= 0.3 is 6.18 Å². The SMILES string of the molecule is COc1c(CNc2ccccc2C(F)(F)F)c(C)nn1C. The van der Waals surface area contributed by atoms with Crippen LogP contribution in [0.3, 0.4) is 0 Å². The summed E-state index contributed by atoms with van der Waals surface area (Å²) >= 11 is 0. The third-order valence-electron chi connectivity index (χ3n) is 3.17. The van der Waals surface area contributed by atoms with Crippen molar-refractivity contribution in [2.45, 2.75) is 19.6 Å². The molecule has 0 unspecified atom stereocenters. The topological polar surface area (TPSA) is 39.1 Å². The minimum Gasteiger partial charge on any atom is -0.481 e. The van der Waals surface area contributed by atoms with Crippen molar-refractivity contribution in [1.82, 2.24) is 9.78 Å². The smallest absolute Gasteiger partial charge is 0.418 e. The van der Waals surface area contributed by atoms with E-state index in [1.165, 1.54) is 19.2 Å². The zero-order chi connectivity index (χ0) is 15.6. The Morgan fingerprint density at radius 3 is 2.57 bits per heavy atom. The summed E-state index contributed by atoms with van der Waals surface area (Å²) in [7, 11) is 3.22. The highest BCUT2D eigenvalue weighted by atomic mass is 19.4. The van der Waals surface area contributed by atoms with Gasteiger partial charge in [-0.2, -0.15) is 18.3 Å². The summed E-state index contributed by atoms with van der Waals surface area (Å²) < 4.78 is 45.5. The van der Waals surface area contributed by atoms with Gasteiger partial charge < -0.3 is 10.1 Å². The van der Waals surface area contributed by atoms with Crippen LogP contribution in [0.15, 0.2) is 24.3 Å². The lowest BCUT2D eigenvalue weighted by Gasteiger charge is -2.14. The number of alkyl halides is 3. The summed E-state index contributed by atoms with van der Waals surface area (Å²) in [5.74, 6) is 0.532. The zero-order valence-corrected chi connectivity index (χ0v) is 12.0. The van der Waals surface area contributed by atoms with Crippen molar-refractivity contribution < 1.29 is 17.9 Å². The molecule has 1 heterocycles.